The lowest BCUT2D eigenvalue weighted by atomic mass is 10.2. The van der Waals surface area contributed by atoms with Gasteiger partial charge in [0.1, 0.15) is 17.2 Å². The van der Waals surface area contributed by atoms with Crippen molar-refractivity contribution < 1.29 is 8.91 Å². The van der Waals surface area contributed by atoms with Gasteiger partial charge in [0.25, 0.3) is 0 Å². The molecule has 4 rings (SSSR count). The van der Waals surface area contributed by atoms with Gasteiger partial charge in [-0.3, -0.25) is 0 Å². The fraction of sp³-hybridized carbons (Fsp3) is 0.0667. The first kappa shape index (κ1) is 14.3. The Bertz CT molecular complexity index is 951. The number of benzene rings is 1. The molecular weight excluding hydrogens is 335 g/mol. The molecule has 8 heteroatoms. The fourth-order valence-corrected chi connectivity index (χ4v) is 3.81. The number of aromatic nitrogens is 4. The van der Waals surface area contributed by atoms with Gasteiger partial charge in [0, 0.05) is 5.56 Å². The molecule has 4 aromatic rings. The molecule has 0 unspecified atom stereocenters. The molecule has 0 radical (unpaired) electrons. The largest absolute Gasteiger partial charge is 0.338 e. The van der Waals surface area contributed by atoms with Gasteiger partial charge in [-0.2, -0.15) is 4.98 Å². The fourth-order valence-electron chi connectivity index (χ4n) is 2.03. The topological polar surface area (TPSA) is 64.7 Å². The molecule has 0 fully saturated rings. The van der Waals surface area contributed by atoms with Gasteiger partial charge < -0.3 is 4.52 Å². The van der Waals surface area contributed by atoms with Crippen LogP contribution in [0.15, 0.2) is 51.6 Å². The summed E-state index contributed by atoms with van der Waals surface area (Å²) in [5.41, 5.74) is 1.65. The molecule has 1 aromatic carbocycles. The van der Waals surface area contributed by atoms with Gasteiger partial charge in [0.15, 0.2) is 0 Å². The molecule has 0 amide bonds. The molecule has 0 atom stereocenters. The van der Waals surface area contributed by atoms with E-state index in [1.165, 1.54) is 23.9 Å². The molecule has 0 aliphatic rings. The van der Waals surface area contributed by atoms with Gasteiger partial charge in [-0.25, -0.2) is 14.4 Å². The minimum absolute atomic E-state index is 0.295. The second-order valence-electron chi connectivity index (χ2n) is 4.62. The van der Waals surface area contributed by atoms with Crippen molar-refractivity contribution >= 4 is 33.3 Å². The Balaban J connectivity index is 1.52. The molecule has 0 spiro atoms. The van der Waals surface area contributed by atoms with Crippen LogP contribution < -0.4 is 0 Å². The zero-order chi connectivity index (χ0) is 15.6. The van der Waals surface area contributed by atoms with Crippen LogP contribution in [0.5, 0.6) is 0 Å². The Kier molecular flexibility index (Phi) is 3.76. The van der Waals surface area contributed by atoms with Crippen LogP contribution in [0.2, 0.25) is 0 Å². The SMILES string of the molecule is Fc1ccc(-c2noc(CSc3ncnc4ccsc34)n2)cc1. The van der Waals surface area contributed by atoms with E-state index in [2.05, 4.69) is 20.1 Å². The maximum Gasteiger partial charge on any atom is 0.237 e. The maximum absolute atomic E-state index is 12.9. The monoisotopic (exact) mass is 344 g/mol. The van der Waals surface area contributed by atoms with Crippen LogP contribution in [0, 0.1) is 5.82 Å². The Morgan fingerprint density at radius 2 is 2.00 bits per heavy atom. The van der Waals surface area contributed by atoms with Crippen LogP contribution in [-0.2, 0) is 5.75 Å². The highest BCUT2D eigenvalue weighted by atomic mass is 32.2. The minimum Gasteiger partial charge on any atom is -0.338 e. The van der Waals surface area contributed by atoms with Crippen molar-refractivity contribution in [2.24, 2.45) is 0 Å². The summed E-state index contributed by atoms with van der Waals surface area (Å²) in [5, 5.41) is 6.81. The molecule has 5 nitrogen and oxygen atoms in total. The predicted octanol–water partition coefficient (Wildman–Crippen LogP) is 4.17. The van der Waals surface area contributed by atoms with Gasteiger partial charge in [0.2, 0.25) is 11.7 Å². The zero-order valence-corrected chi connectivity index (χ0v) is 13.3. The van der Waals surface area contributed by atoms with E-state index in [9.17, 15) is 4.39 Å². The van der Waals surface area contributed by atoms with Gasteiger partial charge >= 0.3 is 0 Å². The molecule has 3 heterocycles. The van der Waals surface area contributed by atoms with E-state index in [1.54, 1.807) is 29.8 Å². The standard InChI is InChI=1S/C15H9FN4OS2/c16-10-3-1-9(2-4-10)14-19-12(21-20-14)7-23-15-13-11(5-6-22-13)17-8-18-15/h1-6,8H,7H2. The maximum atomic E-state index is 12.9. The van der Waals surface area contributed by atoms with Crippen LogP contribution in [0.4, 0.5) is 4.39 Å². The van der Waals surface area contributed by atoms with E-state index >= 15 is 0 Å². The van der Waals surface area contributed by atoms with Crippen LogP contribution in [-0.4, -0.2) is 20.1 Å². The van der Waals surface area contributed by atoms with E-state index in [4.69, 9.17) is 4.52 Å². The normalized spacial score (nSPS) is 11.2. The number of hydrogen-bond donors (Lipinski definition) is 0. The van der Waals surface area contributed by atoms with E-state index in [0.29, 0.717) is 23.0 Å². The first-order valence-corrected chi connectivity index (χ1v) is 8.55. The second-order valence-corrected chi connectivity index (χ2v) is 6.50. The van der Waals surface area contributed by atoms with Gasteiger partial charge in [-0.05, 0) is 35.7 Å². The van der Waals surface area contributed by atoms with Crippen molar-refractivity contribution in [2.45, 2.75) is 10.8 Å². The van der Waals surface area contributed by atoms with Gasteiger partial charge in [0.05, 0.1) is 16.0 Å². The van der Waals surface area contributed by atoms with E-state index in [-0.39, 0.29) is 5.82 Å². The first-order valence-electron chi connectivity index (χ1n) is 6.69. The summed E-state index contributed by atoms with van der Waals surface area (Å²) < 4.78 is 19.2. The third kappa shape index (κ3) is 2.95. The Hall–Kier alpha value is -2.32. The lowest BCUT2D eigenvalue weighted by Crippen LogP contribution is -1.86. The van der Waals surface area contributed by atoms with Crippen LogP contribution >= 0.6 is 23.1 Å². The van der Waals surface area contributed by atoms with Gasteiger partial charge in [-0.15, -0.1) is 11.3 Å². The van der Waals surface area contributed by atoms with Crippen molar-refractivity contribution in [3.63, 3.8) is 0 Å². The molecular formula is C15H9FN4OS2. The summed E-state index contributed by atoms with van der Waals surface area (Å²) in [7, 11) is 0. The Labute approximate surface area is 138 Å². The van der Waals surface area contributed by atoms with Crippen molar-refractivity contribution in [2.75, 3.05) is 0 Å². The van der Waals surface area contributed by atoms with Gasteiger partial charge in [-0.1, -0.05) is 16.9 Å². The number of thioether (sulfide) groups is 1. The highest BCUT2D eigenvalue weighted by Gasteiger charge is 2.11. The summed E-state index contributed by atoms with van der Waals surface area (Å²) in [6.07, 6.45) is 1.55. The summed E-state index contributed by atoms with van der Waals surface area (Å²) >= 11 is 3.13. The van der Waals surface area contributed by atoms with Crippen molar-refractivity contribution in [1.82, 2.24) is 20.1 Å². The quantitative estimate of drug-likeness (QED) is 0.409. The Morgan fingerprint density at radius 3 is 2.87 bits per heavy atom. The van der Waals surface area contributed by atoms with E-state index in [0.717, 1.165) is 15.2 Å². The molecule has 0 saturated carbocycles. The molecule has 0 aliphatic carbocycles. The molecule has 3 aromatic heterocycles. The molecule has 0 aliphatic heterocycles. The number of rotatable bonds is 4. The number of hydrogen-bond acceptors (Lipinski definition) is 7. The predicted molar refractivity (Wildman–Crippen MR) is 86.7 cm³/mol. The average molecular weight is 344 g/mol. The van der Waals surface area contributed by atoms with Crippen molar-refractivity contribution in [1.29, 1.82) is 0 Å². The van der Waals surface area contributed by atoms with Crippen LogP contribution in [0.1, 0.15) is 5.89 Å². The summed E-state index contributed by atoms with van der Waals surface area (Å²) in [6, 6.07) is 7.95. The third-order valence-corrected chi connectivity index (χ3v) is 5.13. The van der Waals surface area contributed by atoms with Crippen LogP contribution in [0.25, 0.3) is 21.6 Å². The first-order chi connectivity index (χ1) is 11.3. The molecule has 0 N–H and O–H groups in total. The Morgan fingerprint density at radius 1 is 1.13 bits per heavy atom. The minimum atomic E-state index is -0.295. The lowest BCUT2D eigenvalue weighted by molar-refractivity contribution is 0.391. The molecule has 0 saturated heterocycles. The molecule has 23 heavy (non-hydrogen) atoms. The molecule has 114 valence electrons. The number of thiophene rings is 1. The number of nitrogens with zero attached hydrogens (tertiary/aromatic N) is 4. The molecule has 0 bridgehead atoms. The average Bonchev–Trinajstić information content (AvgIpc) is 3.23. The van der Waals surface area contributed by atoms with E-state index in [1.807, 2.05) is 11.4 Å². The highest BCUT2D eigenvalue weighted by Crippen LogP contribution is 2.30. The van der Waals surface area contributed by atoms with Crippen molar-refractivity contribution in [3.8, 4) is 11.4 Å². The highest BCUT2D eigenvalue weighted by molar-refractivity contribution is 7.98. The number of fused-ring (bicyclic) bond motifs is 1. The lowest BCUT2D eigenvalue weighted by Gasteiger charge is -1.98. The summed E-state index contributed by atoms with van der Waals surface area (Å²) in [4.78, 5) is 12.8. The van der Waals surface area contributed by atoms with E-state index < -0.39 is 0 Å². The third-order valence-electron chi connectivity index (χ3n) is 3.11. The summed E-state index contributed by atoms with van der Waals surface area (Å²) in [5.74, 6) is 1.16. The number of halogens is 1. The van der Waals surface area contributed by atoms with Crippen molar-refractivity contribution in [3.05, 3.63) is 53.7 Å². The zero-order valence-electron chi connectivity index (χ0n) is 11.6. The van der Waals surface area contributed by atoms with Crippen LogP contribution in [0.3, 0.4) is 0 Å². The smallest absolute Gasteiger partial charge is 0.237 e. The second kappa shape index (κ2) is 6.05. The summed E-state index contributed by atoms with van der Waals surface area (Å²) in [6.45, 7) is 0.